The van der Waals surface area contributed by atoms with E-state index in [2.05, 4.69) is 11.9 Å². The first-order chi connectivity index (χ1) is 12.1. The van der Waals surface area contributed by atoms with Crippen molar-refractivity contribution in [3.8, 4) is 11.5 Å². The minimum absolute atomic E-state index is 0.0280. The van der Waals surface area contributed by atoms with Gasteiger partial charge in [0.1, 0.15) is 11.5 Å². The van der Waals surface area contributed by atoms with Gasteiger partial charge in [-0.1, -0.05) is 18.5 Å². The van der Waals surface area contributed by atoms with Gasteiger partial charge in [-0.3, -0.25) is 9.78 Å². The van der Waals surface area contributed by atoms with Gasteiger partial charge < -0.3 is 15.4 Å². The number of likely N-dealkylation sites (tertiary alicyclic amines) is 1. The number of nitrogens with two attached hydrogens (primary N) is 1. The molecule has 132 valence electrons. The number of nitrogens with zero attached hydrogens (tertiary/aromatic N) is 2. The van der Waals surface area contributed by atoms with Crippen LogP contribution in [0.1, 0.15) is 30.1 Å². The van der Waals surface area contributed by atoms with E-state index in [0.29, 0.717) is 34.5 Å². The maximum absolute atomic E-state index is 12.9. The molecule has 1 aliphatic rings. The molecule has 0 saturated carbocycles. The summed E-state index contributed by atoms with van der Waals surface area (Å²) in [7, 11) is 0. The number of pyridine rings is 1. The van der Waals surface area contributed by atoms with Crippen molar-refractivity contribution in [1.82, 2.24) is 9.88 Å². The second-order valence-corrected chi connectivity index (χ2v) is 6.86. The Morgan fingerprint density at radius 2 is 2.12 bits per heavy atom. The van der Waals surface area contributed by atoms with E-state index < -0.39 is 0 Å². The van der Waals surface area contributed by atoms with Gasteiger partial charge in [0.2, 0.25) is 0 Å². The summed E-state index contributed by atoms with van der Waals surface area (Å²) < 4.78 is 5.73. The van der Waals surface area contributed by atoms with Crippen molar-refractivity contribution in [3.63, 3.8) is 0 Å². The Labute approximate surface area is 152 Å². The first-order valence-corrected chi connectivity index (χ1v) is 8.84. The van der Waals surface area contributed by atoms with Crippen LogP contribution in [0.3, 0.4) is 0 Å². The minimum atomic E-state index is -0.0280. The second kappa shape index (κ2) is 7.85. The van der Waals surface area contributed by atoms with Crippen molar-refractivity contribution in [2.24, 2.45) is 11.7 Å². The second-order valence-electron chi connectivity index (χ2n) is 6.45. The number of carbonyl (C=O) groups excluding carboxylic acids is 1. The fraction of sp³-hybridized carbons (Fsp3) is 0.368. The lowest BCUT2D eigenvalue weighted by Gasteiger charge is -2.38. The molecule has 2 N–H and O–H groups in total. The Morgan fingerprint density at radius 3 is 2.80 bits per heavy atom. The third-order valence-electron chi connectivity index (χ3n) is 4.57. The van der Waals surface area contributed by atoms with E-state index in [1.165, 1.54) is 0 Å². The zero-order chi connectivity index (χ0) is 17.8. The molecular formula is C19H22ClN3O2. The highest BCUT2D eigenvalue weighted by Crippen LogP contribution is 2.31. The smallest absolute Gasteiger partial charge is 0.254 e. The molecule has 0 spiro atoms. The summed E-state index contributed by atoms with van der Waals surface area (Å²) in [6.45, 7) is 3.41. The van der Waals surface area contributed by atoms with Crippen LogP contribution in [0.25, 0.3) is 0 Å². The number of piperidine rings is 1. The van der Waals surface area contributed by atoms with Gasteiger partial charge in [-0.05, 0) is 49.1 Å². The Morgan fingerprint density at radius 1 is 1.36 bits per heavy atom. The van der Waals surface area contributed by atoms with Gasteiger partial charge in [0.15, 0.2) is 0 Å². The van der Waals surface area contributed by atoms with Crippen LogP contribution in [0, 0.1) is 5.92 Å². The van der Waals surface area contributed by atoms with Crippen LogP contribution in [0.15, 0.2) is 42.7 Å². The predicted octanol–water partition coefficient (Wildman–Crippen LogP) is 3.73. The van der Waals surface area contributed by atoms with Crippen molar-refractivity contribution in [3.05, 3.63) is 53.3 Å². The first-order valence-electron chi connectivity index (χ1n) is 8.47. The highest BCUT2D eigenvalue weighted by atomic mass is 35.5. The first kappa shape index (κ1) is 17.7. The summed E-state index contributed by atoms with van der Waals surface area (Å²) >= 11 is 6.32. The number of amides is 1. The SMILES string of the molecule is CC1CCN(C(=O)c2ccc(Oc3ccncc3)c(Cl)c2)C(CN)C1. The van der Waals surface area contributed by atoms with Gasteiger partial charge in [-0.25, -0.2) is 0 Å². The molecular weight excluding hydrogens is 338 g/mol. The summed E-state index contributed by atoms with van der Waals surface area (Å²) in [5.41, 5.74) is 6.42. The zero-order valence-corrected chi connectivity index (χ0v) is 14.9. The number of halogens is 1. The molecule has 1 aromatic carbocycles. The van der Waals surface area contributed by atoms with Gasteiger partial charge in [-0.2, -0.15) is 0 Å². The van der Waals surface area contributed by atoms with Crippen molar-refractivity contribution < 1.29 is 9.53 Å². The van der Waals surface area contributed by atoms with Crippen LogP contribution >= 0.6 is 11.6 Å². The molecule has 1 aliphatic heterocycles. The lowest BCUT2D eigenvalue weighted by Crippen LogP contribution is -2.49. The topological polar surface area (TPSA) is 68.5 Å². The van der Waals surface area contributed by atoms with Gasteiger partial charge >= 0.3 is 0 Å². The minimum Gasteiger partial charge on any atom is -0.456 e. The molecule has 2 aromatic rings. The molecule has 2 atom stereocenters. The molecule has 5 nitrogen and oxygen atoms in total. The third-order valence-corrected chi connectivity index (χ3v) is 4.86. The van der Waals surface area contributed by atoms with Crippen LogP contribution in [0.2, 0.25) is 5.02 Å². The Kier molecular flexibility index (Phi) is 5.56. The number of rotatable bonds is 4. The van der Waals surface area contributed by atoms with Crippen molar-refractivity contribution >= 4 is 17.5 Å². The Balaban J connectivity index is 1.76. The van der Waals surface area contributed by atoms with Crippen molar-refractivity contribution in [2.45, 2.75) is 25.8 Å². The van der Waals surface area contributed by atoms with E-state index in [1.54, 1.807) is 42.7 Å². The number of hydrogen-bond acceptors (Lipinski definition) is 4. The molecule has 0 radical (unpaired) electrons. The van der Waals surface area contributed by atoms with E-state index in [0.717, 1.165) is 19.4 Å². The number of ether oxygens (including phenoxy) is 1. The predicted molar refractivity (Wildman–Crippen MR) is 98.0 cm³/mol. The fourth-order valence-corrected chi connectivity index (χ4v) is 3.38. The highest BCUT2D eigenvalue weighted by molar-refractivity contribution is 6.32. The van der Waals surface area contributed by atoms with E-state index in [4.69, 9.17) is 22.1 Å². The lowest BCUT2D eigenvalue weighted by atomic mass is 9.92. The molecule has 1 amide bonds. The summed E-state index contributed by atoms with van der Waals surface area (Å²) in [5.74, 6) is 1.72. The number of benzene rings is 1. The van der Waals surface area contributed by atoms with E-state index in [9.17, 15) is 4.79 Å². The molecule has 6 heteroatoms. The van der Waals surface area contributed by atoms with E-state index in [1.807, 2.05) is 4.90 Å². The normalized spacial score (nSPS) is 20.4. The summed E-state index contributed by atoms with van der Waals surface area (Å²) in [5, 5.41) is 0.400. The quantitative estimate of drug-likeness (QED) is 0.903. The fourth-order valence-electron chi connectivity index (χ4n) is 3.16. The molecule has 1 aromatic heterocycles. The lowest BCUT2D eigenvalue weighted by molar-refractivity contribution is 0.0573. The van der Waals surface area contributed by atoms with E-state index >= 15 is 0 Å². The van der Waals surface area contributed by atoms with Crippen LogP contribution in [-0.2, 0) is 0 Å². The standard InChI is InChI=1S/C19H22ClN3O2/c1-13-6-9-23(15(10-13)12-21)19(24)14-2-3-18(17(20)11-14)25-16-4-7-22-8-5-16/h2-5,7-8,11,13,15H,6,9-10,12,21H2,1H3. The molecule has 0 aliphatic carbocycles. The largest absolute Gasteiger partial charge is 0.456 e. The zero-order valence-electron chi connectivity index (χ0n) is 14.2. The number of aromatic nitrogens is 1. The molecule has 1 fully saturated rings. The average molecular weight is 360 g/mol. The number of hydrogen-bond donors (Lipinski definition) is 1. The van der Waals surface area contributed by atoms with Gasteiger partial charge in [0.05, 0.1) is 5.02 Å². The van der Waals surface area contributed by atoms with Crippen LogP contribution in [-0.4, -0.2) is 34.9 Å². The van der Waals surface area contributed by atoms with Crippen LogP contribution in [0.5, 0.6) is 11.5 Å². The summed E-state index contributed by atoms with van der Waals surface area (Å²) in [6, 6.07) is 8.71. The Hall–Kier alpha value is -2.11. The van der Waals surface area contributed by atoms with Crippen molar-refractivity contribution in [1.29, 1.82) is 0 Å². The molecule has 2 heterocycles. The van der Waals surface area contributed by atoms with Gasteiger partial charge in [0.25, 0.3) is 5.91 Å². The van der Waals surface area contributed by atoms with Crippen molar-refractivity contribution in [2.75, 3.05) is 13.1 Å². The van der Waals surface area contributed by atoms with E-state index in [-0.39, 0.29) is 11.9 Å². The molecule has 1 saturated heterocycles. The summed E-state index contributed by atoms with van der Waals surface area (Å²) in [6.07, 6.45) is 5.23. The third kappa shape index (κ3) is 4.11. The molecule has 3 rings (SSSR count). The average Bonchev–Trinajstić information content (AvgIpc) is 2.63. The molecule has 2 unspecified atom stereocenters. The molecule has 25 heavy (non-hydrogen) atoms. The summed E-state index contributed by atoms with van der Waals surface area (Å²) in [4.78, 5) is 18.7. The van der Waals surface area contributed by atoms with Gasteiger partial charge in [-0.15, -0.1) is 0 Å². The van der Waals surface area contributed by atoms with Gasteiger partial charge in [0, 0.05) is 37.1 Å². The van der Waals surface area contributed by atoms with Crippen LogP contribution in [0.4, 0.5) is 0 Å². The maximum Gasteiger partial charge on any atom is 0.254 e. The molecule has 0 bridgehead atoms. The maximum atomic E-state index is 12.9. The highest BCUT2D eigenvalue weighted by Gasteiger charge is 2.29. The monoisotopic (exact) mass is 359 g/mol. The van der Waals surface area contributed by atoms with Crippen LogP contribution < -0.4 is 10.5 Å². The number of carbonyl (C=O) groups is 1. The Bertz CT molecular complexity index is 739.